The SMILES string of the molecule is C=CCOC(=O)c1cc2cc(C(F)P(=O)(Cl)Cl)ccc2s1. The molecule has 0 aliphatic rings. The summed E-state index contributed by atoms with van der Waals surface area (Å²) < 4.78 is 30.9. The standard InChI is InChI=1S/C13H10Cl2FO3PS/c1-2-5-19-13(17)11-7-9-6-8(3-4-10(9)21-11)12(16)20(14,15)18/h2-4,6-7,12H,1,5H2. The van der Waals surface area contributed by atoms with Gasteiger partial charge in [-0.25, -0.2) is 9.18 Å². The predicted molar refractivity (Wildman–Crippen MR) is 85.5 cm³/mol. The number of halogens is 3. The second kappa shape index (κ2) is 6.49. The highest BCUT2D eigenvalue weighted by Crippen LogP contribution is 2.68. The van der Waals surface area contributed by atoms with Gasteiger partial charge in [-0.05, 0) is 51.6 Å². The van der Waals surface area contributed by atoms with Crippen LogP contribution in [0.4, 0.5) is 4.39 Å². The van der Waals surface area contributed by atoms with E-state index in [1.807, 2.05) is 0 Å². The summed E-state index contributed by atoms with van der Waals surface area (Å²) in [5.41, 5.74) is 0.111. The van der Waals surface area contributed by atoms with Gasteiger partial charge in [-0.1, -0.05) is 18.7 Å². The zero-order chi connectivity index (χ0) is 15.6. The number of benzene rings is 1. The summed E-state index contributed by atoms with van der Waals surface area (Å²) in [6.07, 6.45) is 1.47. The van der Waals surface area contributed by atoms with Crippen molar-refractivity contribution in [2.75, 3.05) is 6.61 Å². The van der Waals surface area contributed by atoms with Crippen LogP contribution in [0.25, 0.3) is 10.1 Å². The van der Waals surface area contributed by atoms with E-state index in [1.165, 1.54) is 29.5 Å². The molecule has 0 spiro atoms. The molecule has 0 radical (unpaired) electrons. The Morgan fingerprint density at radius 2 is 2.19 bits per heavy atom. The summed E-state index contributed by atoms with van der Waals surface area (Å²) >= 11 is 11.9. The van der Waals surface area contributed by atoms with Gasteiger partial charge in [0.2, 0.25) is 5.91 Å². The maximum absolute atomic E-state index is 13.9. The van der Waals surface area contributed by atoms with Crippen LogP contribution in [0.2, 0.25) is 0 Å². The van der Waals surface area contributed by atoms with Crippen LogP contribution >= 0.6 is 39.7 Å². The minimum absolute atomic E-state index is 0.111. The smallest absolute Gasteiger partial charge is 0.348 e. The number of esters is 1. The van der Waals surface area contributed by atoms with Gasteiger partial charge in [0.15, 0.2) is 0 Å². The summed E-state index contributed by atoms with van der Waals surface area (Å²) in [4.78, 5) is 12.1. The lowest BCUT2D eigenvalue weighted by Gasteiger charge is -2.08. The zero-order valence-corrected chi connectivity index (χ0v) is 13.8. The highest BCUT2D eigenvalue weighted by Gasteiger charge is 2.30. The molecule has 0 bridgehead atoms. The molecular formula is C13H10Cl2FO3PS. The summed E-state index contributed by atoms with van der Waals surface area (Å²) in [5, 5.41) is 0.632. The fourth-order valence-electron chi connectivity index (χ4n) is 1.69. The normalized spacial score (nSPS) is 13.1. The molecule has 0 saturated carbocycles. The Hall–Kier alpha value is -0.870. The fourth-order valence-corrected chi connectivity index (χ4v) is 3.81. The predicted octanol–water partition coefficient (Wildman–Crippen LogP) is 5.88. The summed E-state index contributed by atoms with van der Waals surface area (Å²) in [7, 11) is 0. The van der Waals surface area contributed by atoms with Crippen molar-refractivity contribution in [1.29, 1.82) is 0 Å². The van der Waals surface area contributed by atoms with Crippen molar-refractivity contribution in [2.45, 2.75) is 5.91 Å². The lowest BCUT2D eigenvalue weighted by molar-refractivity contribution is 0.0555. The molecular weight excluding hydrogens is 357 g/mol. The number of hydrogen-bond acceptors (Lipinski definition) is 4. The Bertz CT molecular complexity index is 740. The van der Waals surface area contributed by atoms with Crippen LogP contribution in [-0.4, -0.2) is 12.6 Å². The van der Waals surface area contributed by atoms with Crippen LogP contribution in [0.1, 0.15) is 21.1 Å². The van der Waals surface area contributed by atoms with Gasteiger partial charge in [0.05, 0.1) is 0 Å². The first-order valence-corrected chi connectivity index (χ1v) is 10.2. The average Bonchev–Trinajstić information content (AvgIpc) is 2.85. The van der Waals surface area contributed by atoms with Crippen LogP contribution in [-0.2, 0) is 9.30 Å². The van der Waals surface area contributed by atoms with E-state index in [0.717, 1.165) is 4.70 Å². The number of rotatable bonds is 5. The third kappa shape index (κ3) is 3.86. The number of fused-ring (bicyclic) bond motifs is 1. The van der Waals surface area contributed by atoms with Gasteiger partial charge in [-0.2, -0.15) is 0 Å². The first-order chi connectivity index (χ1) is 9.82. The molecule has 112 valence electrons. The molecule has 0 aliphatic carbocycles. The summed E-state index contributed by atoms with van der Waals surface area (Å²) in [6.45, 7) is 3.57. The van der Waals surface area contributed by atoms with Crippen molar-refractivity contribution in [1.82, 2.24) is 0 Å². The summed E-state index contributed by atoms with van der Waals surface area (Å²) in [5.74, 6) is -6.34. The second-order valence-electron chi connectivity index (χ2n) is 4.13. The van der Waals surface area contributed by atoms with Crippen molar-refractivity contribution < 1.29 is 18.5 Å². The number of carbonyl (C=O) groups is 1. The molecule has 1 heterocycles. The third-order valence-corrected chi connectivity index (χ3v) is 5.56. The number of alkyl halides is 1. The van der Waals surface area contributed by atoms with E-state index in [4.69, 9.17) is 27.2 Å². The van der Waals surface area contributed by atoms with Gasteiger partial charge in [0.25, 0.3) is 5.85 Å². The fraction of sp³-hybridized carbons (Fsp3) is 0.154. The van der Waals surface area contributed by atoms with Crippen LogP contribution < -0.4 is 0 Å². The maximum atomic E-state index is 13.9. The van der Waals surface area contributed by atoms with E-state index in [-0.39, 0.29) is 12.2 Å². The van der Waals surface area contributed by atoms with Gasteiger partial charge in [-0.15, -0.1) is 11.3 Å². The molecule has 0 aliphatic heterocycles. The quantitative estimate of drug-likeness (QED) is 0.376. The Kier molecular flexibility index (Phi) is 5.10. The zero-order valence-electron chi connectivity index (χ0n) is 10.6. The molecule has 0 saturated heterocycles. The van der Waals surface area contributed by atoms with Crippen molar-refractivity contribution in [3.8, 4) is 0 Å². The van der Waals surface area contributed by atoms with E-state index < -0.39 is 17.7 Å². The van der Waals surface area contributed by atoms with E-state index in [0.29, 0.717) is 10.3 Å². The highest BCUT2D eigenvalue weighted by molar-refractivity contribution is 8.08. The van der Waals surface area contributed by atoms with Gasteiger partial charge in [0, 0.05) is 4.70 Å². The number of carbonyl (C=O) groups excluding carboxylic acids is 1. The van der Waals surface area contributed by atoms with Crippen LogP contribution in [0.15, 0.2) is 36.9 Å². The Morgan fingerprint density at radius 3 is 2.81 bits per heavy atom. The number of ether oxygens (including phenoxy) is 1. The molecule has 21 heavy (non-hydrogen) atoms. The van der Waals surface area contributed by atoms with Gasteiger partial charge in [-0.3, -0.25) is 4.57 Å². The van der Waals surface area contributed by atoms with E-state index in [2.05, 4.69) is 6.58 Å². The lowest BCUT2D eigenvalue weighted by Crippen LogP contribution is -2.02. The molecule has 1 unspecified atom stereocenters. The van der Waals surface area contributed by atoms with Crippen molar-refractivity contribution >= 4 is 55.7 Å². The molecule has 1 aromatic heterocycles. The van der Waals surface area contributed by atoms with E-state index in [9.17, 15) is 13.8 Å². The van der Waals surface area contributed by atoms with E-state index in [1.54, 1.807) is 12.1 Å². The third-order valence-electron chi connectivity index (χ3n) is 2.61. The lowest BCUT2D eigenvalue weighted by atomic mass is 10.2. The van der Waals surface area contributed by atoms with Crippen LogP contribution in [0.5, 0.6) is 0 Å². The average molecular weight is 367 g/mol. The minimum atomic E-state index is -3.91. The number of hydrogen-bond donors (Lipinski definition) is 0. The van der Waals surface area contributed by atoms with E-state index >= 15 is 0 Å². The molecule has 0 N–H and O–H groups in total. The van der Waals surface area contributed by atoms with Crippen molar-refractivity contribution in [3.05, 3.63) is 47.4 Å². The maximum Gasteiger partial charge on any atom is 0.348 e. The topological polar surface area (TPSA) is 43.4 Å². The summed E-state index contributed by atoms with van der Waals surface area (Å²) in [6, 6.07) is 6.11. The van der Waals surface area contributed by atoms with Crippen LogP contribution in [0.3, 0.4) is 0 Å². The monoisotopic (exact) mass is 366 g/mol. The molecule has 3 nitrogen and oxygen atoms in total. The molecule has 1 atom stereocenters. The van der Waals surface area contributed by atoms with Gasteiger partial charge >= 0.3 is 5.97 Å². The Labute approximate surface area is 134 Å². The molecule has 0 amide bonds. The Morgan fingerprint density at radius 1 is 1.48 bits per heavy atom. The molecule has 1 aromatic carbocycles. The highest BCUT2D eigenvalue weighted by atomic mass is 35.9. The minimum Gasteiger partial charge on any atom is -0.457 e. The molecule has 2 rings (SSSR count). The van der Waals surface area contributed by atoms with Gasteiger partial charge in [0.1, 0.15) is 11.5 Å². The first-order valence-electron chi connectivity index (χ1n) is 5.77. The number of thiophene rings is 1. The molecule has 8 heteroatoms. The first kappa shape index (κ1) is 16.5. The Balaban J connectivity index is 2.34. The largest absolute Gasteiger partial charge is 0.457 e. The van der Waals surface area contributed by atoms with Crippen LogP contribution in [0, 0.1) is 0 Å². The van der Waals surface area contributed by atoms with Gasteiger partial charge < -0.3 is 4.74 Å². The second-order valence-corrected chi connectivity index (χ2v) is 10.2. The molecule has 0 fully saturated rings. The van der Waals surface area contributed by atoms with Crippen molar-refractivity contribution in [3.63, 3.8) is 0 Å². The molecule has 2 aromatic rings. The van der Waals surface area contributed by atoms with Crippen molar-refractivity contribution in [2.24, 2.45) is 0 Å².